The third kappa shape index (κ3) is 4.38. The van der Waals surface area contributed by atoms with E-state index in [0.717, 1.165) is 22.3 Å². The minimum Gasteiger partial charge on any atom is -0.466 e. The van der Waals surface area contributed by atoms with Gasteiger partial charge >= 0.3 is 11.9 Å². The molecule has 0 aliphatic carbocycles. The molecule has 7 nitrogen and oxygen atoms in total. The average molecular weight is 412 g/mol. The lowest BCUT2D eigenvalue weighted by atomic mass is 9.98. The molecule has 0 spiro atoms. The Labute approximate surface area is 167 Å². The number of hydrogen-bond donors (Lipinski definition) is 0. The van der Waals surface area contributed by atoms with Crippen LogP contribution < -0.4 is 0 Å². The SMILES string of the molecule is COC(=O)[C@@H](C)OC(=O)C1CCN(S(=O)(=O)c2c(C)c(C)cc(C)c2C)CC1. The molecule has 1 aromatic carbocycles. The highest BCUT2D eigenvalue weighted by molar-refractivity contribution is 7.89. The van der Waals surface area contributed by atoms with Crippen molar-refractivity contribution in [1.29, 1.82) is 0 Å². The van der Waals surface area contributed by atoms with E-state index < -0.39 is 34.0 Å². The first-order valence-corrected chi connectivity index (χ1v) is 10.8. The van der Waals surface area contributed by atoms with Crippen LogP contribution in [0.4, 0.5) is 0 Å². The van der Waals surface area contributed by atoms with Crippen molar-refractivity contribution in [2.24, 2.45) is 5.92 Å². The second kappa shape index (κ2) is 8.61. The Morgan fingerprint density at radius 2 is 1.57 bits per heavy atom. The van der Waals surface area contributed by atoms with Crippen molar-refractivity contribution >= 4 is 22.0 Å². The standard InChI is InChI=1S/C20H29NO6S/c1-12-11-13(2)15(4)18(14(12)3)28(24,25)21-9-7-17(8-10-21)20(23)27-16(5)19(22)26-6/h11,16-17H,7-10H2,1-6H3/t16-/m1/s1. The van der Waals surface area contributed by atoms with E-state index >= 15 is 0 Å². The summed E-state index contributed by atoms with van der Waals surface area (Å²) in [5, 5.41) is 0. The van der Waals surface area contributed by atoms with Crippen LogP contribution in [0.1, 0.15) is 42.0 Å². The minimum absolute atomic E-state index is 0.237. The molecule has 1 fully saturated rings. The molecule has 1 saturated heterocycles. The van der Waals surface area contributed by atoms with Gasteiger partial charge in [-0.2, -0.15) is 4.31 Å². The first kappa shape index (κ1) is 22.4. The number of rotatable bonds is 5. The zero-order valence-electron chi connectivity index (χ0n) is 17.4. The summed E-state index contributed by atoms with van der Waals surface area (Å²) in [7, 11) is -2.42. The van der Waals surface area contributed by atoms with Crippen LogP contribution in [0.5, 0.6) is 0 Å². The molecule has 8 heteroatoms. The maximum absolute atomic E-state index is 13.3. The first-order chi connectivity index (χ1) is 13.0. The van der Waals surface area contributed by atoms with Gasteiger partial charge in [-0.05, 0) is 69.7 Å². The van der Waals surface area contributed by atoms with Gasteiger partial charge in [0.1, 0.15) is 0 Å². The number of sulfonamides is 1. The van der Waals surface area contributed by atoms with Gasteiger partial charge in [-0.3, -0.25) is 4.79 Å². The van der Waals surface area contributed by atoms with Crippen LogP contribution in [0.25, 0.3) is 0 Å². The molecule has 1 atom stereocenters. The van der Waals surface area contributed by atoms with Crippen molar-refractivity contribution in [2.45, 2.75) is 58.5 Å². The number of methoxy groups -OCH3 is 1. The summed E-state index contributed by atoms with van der Waals surface area (Å²) in [6, 6.07) is 1.99. The van der Waals surface area contributed by atoms with Crippen molar-refractivity contribution in [3.63, 3.8) is 0 Å². The smallest absolute Gasteiger partial charge is 0.346 e. The van der Waals surface area contributed by atoms with Gasteiger partial charge in [-0.25, -0.2) is 13.2 Å². The highest BCUT2D eigenvalue weighted by Crippen LogP contribution is 2.31. The number of esters is 2. The summed E-state index contributed by atoms with van der Waals surface area (Å²) in [5.74, 6) is -1.54. The zero-order chi connectivity index (χ0) is 21.2. The van der Waals surface area contributed by atoms with Crippen LogP contribution in [-0.4, -0.2) is 51.0 Å². The summed E-state index contributed by atoms with van der Waals surface area (Å²) in [6.45, 7) is 9.40. The molecule has 0 aromatic heterocycles. The van der Waals surface area contributed by atoms with E-state index in [4.69, 9.17) is 4.74 Å². The first-order valence-electron chi connectivity index (χ1n) is 9.36. The fourth-order valence-corrected chi connectivity index (χ4v) is 5.56. The maximum atomic E-state index is 13.3. The summed E-state index contributed by atoms with van der Waals surface area (Å²) < 4.78 is 37.7. The van der Waals surface area contributed by atoms with Gasteiger partial charge in [-0.15, -0.1) is 0 Å². The second-order valence-corrected chi connectivity index (χ2v) is 9.24. The largest absolute Gasteiger partial charge is 0.466 e. The second-order valence-electron chi connectivity index (χ2n) is 7.37. The molecular weight excluding hydrogens is 382 g/mol. The molecule has 0 bridgehead atoms. The molecule has 1 aliphatic rings. The third-order valence-corrected chi connectivity index (χ3v) is 7.68. The predicted octanol–water partition coefficient (Wildman–Crippen LogP) is 2.43. The van der Waals surface area contributed by atoms with Gasteiger partial charge in [0.15, 0.2) is 6.10 Å². The van der Waals surface area contributed by atoms with Crippen LogP contribution in [0, 0.1) is 33.6 Å². The Morgan fingerprint density at radius 1 is 1.07 bits per heavy atom. The van der Waals surface area contributed by atoms with Gasteiger partial charge in [0.2, 0.25) is 10.0 Å². The fraction of sp³-hybridized carbons (Fsp3) is 0.600. The summed E-state index contributed by atoms with van der Waals surface area (Å²) in [5.41, 5.74) is 3.40. The van der Waals surface area contributed by atoms with Crippen molar-refractivity contribution in [3.8, 4) is 0 Å². The van der Waals surface area contributed by atoms with E-state index in [1.54, 1.807) is 0 Å². The Balaban J connectivity index is 2.13. The van der Waals surface area contributed by atoms with E-state index in [-0.39, 0.29) is 13.1 Å². The number of piperidine rings is 1. The fourth-order valence-electron chi connectivity index (χ4n) is 3.51. The van der Waals surface area contributed by atoms with Crippen molar-refractivity contribution in [2.75, 3.05) is 20.2 Å². The molecule has 2 rings (SSSR count). The molecule has 28 heavy (non-hydrogen) atoms. The van der Waals surface area contributed by atoms with Gasteiger partial charge in [0.25, 0.3) is 0 Å². The van der Waals surface area contributed by atoms with E-state index in [1.807, 2.05) is 33.8 Å². The number of carbonyl (C=O) groups excluding carboxylic acids is 2. The number of benzene rings is 1. The number of ether oxygens (including phenoxy) is 2. The van der Waals surface area contributed by atoms with Crippen molar-refractivity contribution in [3.05, 3.63) is 28.3 Å². The van der Waals surface area contributed by atoms with Crippen LogP contribution >= 0.6 is 0 Å². The summed E-state index contributed by atoms with van der Waals surface area (Å²) >= 11 is 0. The Bertz CT molecular complexity index is 843. The Kier molecular flexibility index (Phi) is 6.88. The van der Waals surface area contributed by atoms with Crippen LogP contribution in [0.2, 0.25) is 0 Å². The molecule has 0 saturated carbocycles. The van der Waals surface area contributed by atoms with E-state index in [0.29, 0.717) is 17.7 Å². The quantitative estimate of drug-likeness (QED) is 0.691. The molecule has 0 amide bonds. The van der Waals surface area contributed by atoms with Crippen LogP contribution in [0.15, 0.2) is 11.0 Å². The lowest BCUT2D eigenvalue weighted by Crippen LogP contribution is -2.42. The van der Waals surface area contributed by atoms with Crippen molar-refractivity contribution in [1.82, 2.24) is 4.31 Å². The number of carbonyl (C=O) groups is 2. The molecule has 1 aliphatic heterocycles. The van der Waals surface area contributed by atoms with Gasteiger partial charge in [-0.1, -0.05) is 6.07 Å². The summed E-state index contributed by atoms with van der Waals surface area (Å²) in [6.07, 6.45) is -0.260. The number of aryl methyl sites for hydroxylation is 2. The van der Waals surface area contributed by atoms with E-state index in [9.17, 15) is 18.0 Å². The molecule has 0 radical (unpaired) electrons. The lowest BCUT2D eigenvalue weighted by molar-refractivity contribution is -0.168. The van der Waals surface area contributed by atoms with Gasteiger partial charge < -0.3 is 9.47 Å². The molecular formula is C20H29NO6S. The molecule has 156 valence electrons. The normalized spacial score (nSPS) is 17.2. The summed E-state index contributed by atoms with van der Waals surface area (Å²) in [4.78, 5) is 24.0. The average Bonchev–Trinajstić information content (AvgIpc) is 2.65. The van der Waals surface area contributed by atoms with Crippen LogP contribution in [0.3, 0.4) is 0 Å². The number of nitrogens with zero attached hydrogens (tertiary/aromatic N) is 1. The highest BCUT2D eigenvalue weighted by Gasteiger charge is 2.35. The highest BCUT2D eigenvalue weighted by atomic mass is 32.2. The third-order valence-electron chi connectivity index (χ3n) is 5.51. The zero-order valence-corrected chi connectivity index (χ0v) is 18.2. The molecule has 1 aromatic rings. The molecule has 0 N–H and O–H groups in total. The lowest BCUT2D eigenvalue weighted by Gasteiger charge is -2.31. The minimum atomic E-state index is -3.65. The predicted molar refractivity (Wildman–Crippen MR) is 104 cm³/mol. The van der Waals surface area contributed by atoms with E-state index in [1.165, 1.54) is 18.3 Å². The van der Waals surface area contributed by atoms with E-state index in [2.05, 4.69) is 4.74 Å². The topological polar surface area (TPSA) is 90.0 Å². The Hall–Kier alpha value is -1.93. The van der Waals surface area contributed by atoms with Gasteiger partial charge in [0, 0.05) is 13.1 Å². The number of hydrogen-bond acceptors (Lipinski definition) is 6. The monoisotopic (exact) mass is 411 g/mol. The van der Waals surface area contributed by atoms with Crippen LogP contribution in [-0.2, 0) is 29.1 Å². The Morgan fingerprint density at radius 3 is 2.04 bits per heavy atom. The van der Waals surface area contributed by atoms with Crippen molar-refractivity contribution < 1.29 is 27.5 Å². The molecule has 0 unspecified atom stereocenters. The maximum Gasteiger partial charge on any atom is 0.346 e. The van der Waals surface area contributed by atoms with Gasteiger partial charge in [0.05, 0.1) is 17.9 Å². The molecule has 1 heterocycles.